The smallest absolute Gasteiger partial charge is 0.136 e. The molecule has 0 saturated heterocycles. The number of aliphatic hydroxyl groups is 1. The average Bonchev–Trinajstić information content (AvgIpc) is 2.38. The zero-order chi connectivity index (χ0) is 13.8. The van der Waals surface area contributed by atoms with Gasteiger partial charge in [-0.05, 0) is 31.2 Å². The molecule has 4 heteroatoms. The van der Waals surface area contributed by atoms with Crippen LogP contribution in [0.3, 0.4) is 0 Å². The minimum atomic E-state index is -0.943. The van der Waals surface area contributed by atoms with Crippen molar-refractivity contribution in [2.24, 2.45) is 0 Å². The van der Waals surface area contributed by atoms with Crippen LogP contribution in [0.5, 0.6) is 17.2 Å². The molecule has 1 atom stereocenters. The molecule has 1 unspecified atom stereocenters. The number of hydrogen-bond donors (Lipinski definition) is 1. The van der Waals surface area contributed by atoms with Gasteiger partial charge in [-0.2, -0.15) is 0 Å². The maximum absolute atomic E-state index is 13.7. The van der Waals surface area contributed by atoms with E-state index in [9.17, 15) is 9.50 Å². The first-order valence-electron chi connectivity index (χ1n) is 5.90. The van der Waals surface area contributed by atoms with Crippen LogP contribution in [0.4, 0.5) is 4.39 Å². The topological polar surface area (TPSA) is 38.7 Å². The largest absolute Gasteiger partial charge is 0.497 e. The molecular weight excluding hydrogens is 247 g/mol. The van der Waals surface area contributed by atoms with Crippen molar-refractivity contribution in [3.63, 3.8) is 0 Å². The van der Waals surface area contributed by atoms with E-state index < -0.39 is 11.9 Å². The van der Waals surface area contributed by atoms with E-state index in [0.717, 1.165) is 0 Å². The minimum Gasteiger partial charge on any atom is -0.497 e. The molecule has 100 valence electrons. The van der Waals surface area contributed by atoms with Gasteiger partial charge in [0.1, 0.15) is 23.1 Å². The third kappa shape index (κ3) is 3.03. The van der Waals surface area contributed by atoms with Crippen LogP contribution in [0, 0.1) is 5.82 Å². The molecule has 0 saturated carbocycles. The molecule has 0 aliphatic rings. The molecule has 0 heterocycles. The Bertz CT molecular complexity index is 567. The van der Waals surface area contributed by atoms with Crippen molar-refractivity contribution < 1.29 is 19.0 Å². The van der Waals surface area contributed by atoms with E-state index in [-0.39, 0.29) is 5.56 Å². The van der Waals surface area contributed by atoms with Gasteiger partial charge in [0.25, 0.3) is 0 Å². The van der Waals surface area contributed by atoms with Gasteiger partial charge in [-0.15, -0.1) is 0 Å². The molecule has 1 N–H and O–H groups in total. The molecule has 0 aromatic heterocycles. The van der Waals surface area contributed by atoms with E-state index in [2.05, 4.69) is 0 Å². The second-order valence-electron chi connectivity index (χ2n) is 4.11. The second kappa shape index (κ2) is 5.71. The highest BCUT2D eigenvalue weighted by molar-refractivity contribution is 5.41. The van der Waals surface area contributed by atoms with Gasteiger partial charge >= 0.3 is 0 Å². The van der Waals surface area contributed by atoms with Gasteiger partial charge in [-0.3, -0.25) is 0 Å². The Morgan fingerprint density at radius 2 is 1.79 bits per heavy atom. The molecule has 3 nitrogen and oxygen atoms in total. The second-order valence-corrected chi connectivity index (χ2v) is 4.11. The van der Waals surface area contributed by atoms with E-state index >= 15 is 0 Å². The molecule has 2 aromatic carbocycles. The van der Waals surface area contributed by atoms with Crippen molar-refractivity contribution in [3.05, 3.63) is 53.8 Å². The van der Waals surface area contributed by atoms with E-state index in [0.29, 0.717) is 17.2 Å². The molecule has 0 aliphatic carbocycles. The minimum absolute atomic E-state index is 0.144. The third-order valence-electron chi connectivity index (χ3n) is 2.70. The van der Waals surface area contributed by atoms with Gasteiger partial charge in [0.15, 0.2) is 0 Å². The molecule has 0 bridgehead atoms. The first kappa shape index (κ1) is 13.4. The number of rotatable bonds is 4. The van der Waals surface area contributed by atoms with Crippen LogP contribution in [-0.4, -0.2) is 12.2 Å². The standard InChI is InChI=1S/C15H15FO3/c1-10(17)15-13(16)7-4-8-14(15)19-12-6-3-5-11(9-12)18-2/h3-10,17H,1-2H3. The lowest BCUT2D eigenvalue weighted by atomic mass is 10.1. The van der Waals surface area contributed by atoms with Gasteiger partial charge in [0, 0.05) is 6.07 Å². The molecule has 0 spiro atoms. The number of benzene rings is 2. The maximum Gasteiger partial charge on any atom is 0.136 e. The first-order chi connectivity index (χ1) is 9.11. The summed E-state index contributed by atoms with van der Waals surface area (Å²) in [6.45, 7) is 1.50. The number of aliphatic hydroxyl groups excluding tert-OH is 1. The summed E-state index contributed by atoms with van der Waals surface area (Å²) in [7, 11) is 1.56. The lowest BCUT2D eigenvalue weighted by molar-refractivity contribution is 0.190. The van der Waals surface area contributed by atoms with Crippen molar-refractivity contribution in [2.75, 3.05) is 7.11 Å². The predicted octanol–water partition coefficient (Wildman–Crippen LogP) is 3.68. The Hall–Kier alpha value is -2.07. The van der Waals surface area contributed by atoms with Gasteiger partial charge in [0.2, 0.25) is 0 Å². The average molecular weight is 262 g/mol. The highest BCUT2D eigenvalue weighted by Gasteiger charge is 2.15. The fourth-order valence-electron chi connectivity index (χ4n) is 1.80. The summed E-state index contributed by atoms with van der Waals surface area (Å²) >= 11 is 0. The summed E-state index contributed by atoms with van der Waals surface area (Å²) in [4.78, 5) is 0. The van der Waals surface area contributed by atoms with Gasteiger partial charge in [0.05, 0.1) is 18.8 Å². The van der Waals surface area contributed by atoms with E-state index in [4.69, 9.17) is 9.47 Å². The van der Waals surface area contributed by atoms with Crippen LogP contribution in [0.1, 0.15) is 18.6 Å². The predicted molar refractivity (Wildman–Crippen MR) is 70.1 cm³/mol. The summed E-state index contributed by atoms with van der Waals surface area (Å²) in [5.41, 5.74) is 0.144. The summed E-state index contributed by atoms with van der Waals surface area (Å²) < 4.78 is 24.4. The van der Waals surface area contributed by atoms with Crippen molar-refractivity contribution in [1.82, 2.24) is 0 Å². The number of ether oxygens (including phenoxy) is 2. The highest BCUT2D eigenvalue weighted by Crippen LogP contribution is 2.32. The molecule has 0 aliphatic heterocycles. The first-order valence-corrected chi connectivity index (χ1v) is 5.90. The Labute approximate surface area is 111 Å². The quantitative estimate of drug-likeness (QED) is 0.913. The Morgan fingerprint density at radius 3 is 2.47 bits per heavy atom. The molecular formula is C15H15FO3. The van der Waals surface area contributed by atoms with Gasteiger partial charge in [-0.25, -0.2) is 4.39 Å². The van der Waals surface area contributed by atoms with Gasteiger partial charge < -0.3 is 14.6 Å². The number of halogens is 1. The molecule has 0 fully saturated rings. The van der Waals surface area contributed by atoms with Crippen LogP contribution in [-0.2, 0) is 0 Å². The zero-order valence-electron chi connectivity index (χ0n) is 10.8. The van der Waals surface area contributed by atoms with Crippen molar-refractivity contribution in [3.8, 4) is 17.2 Å². The van der Waals surface area contributed by atoms with Crippen LogP contribution in [0.25, 0.3) is 0 Å². The highest BCUT2D eigenvalue weighted by atomic mass is 19.1. The van der Waals surface area contributed by atoms with E-state index in [1.54, 1.807) is 37.4 Å². The van der Waals surface area contributed by atoms with Gasteiger partial charge in [-0.1, -0.05) is 12.1 Å². The third-order valence-corrected chi connectivity index (χ3v) is 2.70. The number of methoxy groups -OCH3 is 1. The maximum atomic E-state index is 13.7. The lowest BCUT2D eigenvalue weighted by Gasteiger charge is -2.14. The van der Waals surface area contributed by atoms with Crippen molar-refractivity contribution in [2.45, 2.75) is 13.0 Å². The monoisotopic (exact) mass is 262 g/mol. The van der Waals surface area contributed by atoms with E-state index in [1.807, 2.05) is 0 Å². The normalized spacial score (nSPS) is 12.0. The van der Waals surface area contributed by atoms with Crippen LogP contribution in [0.15, 0.2) is 42.5 Å². The summed E-state index contributed by atoms with van der Waals surface area (Å²) in [6.07, 6.45) is -0.943. The Morgan fingerprint density at radius 1 is 1.11 bits per heavy atom. The summed E-state index contributed by atoms with van der Waals surface area (Å²) in [6, 6.07) is 11.4. The van der Waals surface area contributed by atoms with Crippen LogP contribution in [0.2, 0.25) is 0 Å². The van der Waals surface area contributed by atoms with Crippen molar-refractivity contribution in [1.29, 1.82) is 0 Å². The molecule has 2 aromatic rings. The summed E-state index contributed by atoms with van der Waals surface area (Å²) in [5.74, 6) is 0.970. The fraction of sp³-hybridized carbons (Fsp3) is 0.200. The fourth-order valence-corrected chi connectivity index (χ4v) is 1.80. The molecule has 19 heavy (non-hydrogen) atoms. The summed E-state index contributed by atoms with van der Waals surface area (Å²) in [5, 5.41) is 9.62. The Kier molecular flexibility index (Phi) is 4.02. The number of hydrogen-bond acceptors (Lipinski definition) is 3. The van der Waals surface area contributed by atoms with Crippen molar-refractivity contribution >= 4 is 0 Å². The molecule has 0 radical (unpaired) electrons. The van der Waals surface area contributed by atoms with Crippen LogP contribution < -0.4 is 9.47 Å². The lowest BCUT2D eigenvalue weighted by Crippen LogP contribution is -1.99. The van der Waals surface area contributed by atoms with Crippen LogP contribution >= 0.6 is 0 Å². The zero-order valence-corrected chi connectivity index (χ0v) is 10.8. The Balaban J connectivity index is 2.35. The molecule has 0 amide bonds. The SMILES string of the molecule is COc1cccc(Oc2cccc(F)c2C(C)O)c1. The van der Waals surface area contributed by atoms with E-state index in [1.165, 1.54) is 19.1 Å². The molecule has 2 rings (SSSR count).